The molecule has 1 rings (SSSR count). The molecular weight excluding hydrogens is 216 g/mol. The first kappa shape index (κ1) is 15.5. The van der Waals surface area contributed by atoms with E-state index in [0.29, 0.717) is 0 Å². The Morgan fingerprint density at radius 1 is 0.278 bits per heavy atom. The van der Waals surface area contributed by atoms with Gasteiger partial charge < -0.3 is 0 Å². The molecule has 0 saturated heterocycles. The molecule has 0 aromatic carbocycles. The first-order valence-electron chi connectivity index (χ1n) is 8.30. The van der Waals surface area contributed by atoms with Gasteiger partial charge in [-0.3, -0.25) is 0 Å². The van der Waals surface area contributed by atoms with Crippen molar-refractivity contribution in [1.29, 1.82) is 0 Å². The minimum atomic E-state index is 1.27. The van der Waals surface area contributed by atoms with E-state index < -0.39 is 0 Å². The Morgan fingerprint density at radius 3 is 0.944 bits per heavy atom. The minimum Gasteiger partial charge on any atom is -0.0885 e. The van der Waals surface area contributed by atoms with E-state index in [4.69, 9.17) is 0 Å². The van der Waals surface area contributed by atoms with E-state index in [1.54, 1.807) is 0 Å². The van der Waals surface area contributed by atoms with Gasteiger partial charge in [0.05, 0.1) is 0 Å². The molecule has 0 spiro atoms. The molecule has 0 heterocycles. The highest BCUT2D eigenvalue weighted by molar-refractivity contribution is 4.85. The third-order valence-corrected chi connectivity index (χ3v) is 3.82. The summed E-state index contributed by atoms with van der Waals surface area (Å²) in [5.74, 6) is 0. The molecular formula is C18H32. The molecule has 0 unspecified atom stereocenters. The van der Waals surface area contributed by atoms with Gasteiger partial charge in [0.25, 0.3) is 0 Å². The van der Waals surface area contributed by atoms with Crippen molar-refractivity contribution in [2.75, 3.05) is 0 Å². The highest BCUT2D eigenvalue weighted by atomic mass is 14.0. The second kappa shape index (κ2) is 12.9. The number of allylic oxidation sites excluding steroid dienone is 4. The normalized spacial score (nSPS) is 25.8. The van der Waals surface area contributed by atoms with Gasteiger partial charge in [-0.2, -0.15) is 0 Å². The molecule has 0 radical (unpaired) electrons. The van der Waals surface area contributed by atoms with Crippen molar-refractivity contribution >= 4 is 0 Å². The number of rotatable bonds is 0. The molecule has 0 aromatic heterocycles. The fourth-order valence-electron chi connectivity index (χ4n) is 2.59. The zero-order chi connectivity index (χ0) is 12.7. The van der Waals surface area contributed by atoms with Crippen LogP contribution in [0.5, 0.6) is 0 Å². The van der Waals surface area contributed by atoms with Gasteiger partial charge in [-0.05, 0) is 44.9 Å². The van der Waals surface area contributed by atoms with Crippen molar-refractivity contribution in [3.05, 3.63) is 24.3 Å². The van der Waals surface area contributed by atoms with Crippen LogP contribution >= 0.6 is 0 Å². The van der Waals surface area contributed by atoms with E-state index in [1.807, 2.05) is 0 Å². The Bertz CT molecular complexity index is 190. The summed E-state index contributed by atoms with van der Waals surface area (Å²) in [6, 6.07) is 0. The molecule has 1 aliphatic rings. The maximum absolute atomic E-state index is 2.40. The lowest BCUT2D eigenvalue weighted by Gasteiger charge is -2.02. The molecule has 0 aromatic rings. The van der Waals surface area contributed by atoms with Crippen molar-refractivity contribution in [1.82, 2.24) is 0 Å². The monoisotopic (exact) mass is 248 g/mol. The second-order valence-electron chi connectivity index (χ2n) is 5.63. The molecule has 0 aliphatic heterocycles. The van der Waals surface area contributed by atoms with E-state index in [2.05, 4.69) is 24.3 Å². The van der Waals surface area contributed by atoms with Crippen LogP contribution < -0.4 is 0 Å². The lowest BCUT2D eigenvalue weighted by Crippen LogP contribution is -1.82. The molecule has 18 heavy (non-hydrogen) atoms. The van der Waals surface area contributed by atoms with Gasteiger partial charge in [0.15, 0.2) is 0 Å². The predicted molar refractivity (Wildman–Crippen MR) is 82.9 cm³/mol. The van der Waals surface area contributed by atoms with Crippen LogP contribution in [0.4, 0.5) is 0 Å². The Labute approximate surface area is 115 Å². The maximum Gasteiger partial charge on any atom is -0.0348 e. The van der Waals surface area contributed by atoms with Gasteiger partial charge in [-0.15, -0.1) is 0 Å². The molecule has 0 nitrogen and oxygen atoms in total. The molecule has 0 amide bonds. The van der Waals surface area contributed by atoms with Crippen molar-refractivity contribution in [2.24, 2.45) is 0 Å². The summed E-state index contributed by atoms with van der Waals surface area (Å²) in [6.45, 7) is 0. The van der Waals surface area contributed by atoms with Crippen molar-refractivity contribution in [2.45, 2.75) is 89.9 Å². The topological polar surface area (TPSA) is 0 Å². The standard InChI is InChI=1S/C18H32/c1-2-4-6-8-10-12-14-16-18-17-15-13-11-9-7-5-3-1/h1-2,9,11H,3-8,10,12-18H2/b2-1+,11-9+. The first-order chi connectivity index (χ1) is 9.00. The third kappa shape index (κ3) is 10.6. The van der Waals surface area contributed by atoms with Crippen LogP contribution in [0.2, 0.25) is 0 Å². The fourth-order valence-corrected chi connectivity index (χ4v) is 2.59. The summed E-state index contributed by atoms with van der Waals surface area (Å²) in [4.78, 5) is 0. The number of hydrogen-bond acceptors (Lipinski definition) is 0. The Hall–Kier alpha value is -0.520. The SMILES string of the molecule is C1=C/CCCCCCCCCCC/C=C/CCC/1. The van der Waals surface area contributed by atoms with Gasteiger partial charge in [0, 0.05) is 0 Å². The Kier molecular flexibility index (Phi) is 11.2. The van der Waals surface area contributed by atoms with E-state index in [9.17, 15) is 0 Å². The Morgan fingerprint density at radius 2 is 0.556 bits per heavy atom. The van der Waals surface area contributed by atoms with Gasteiger partial charge in [-0.1, -0.05) is 69.2 Å². The van der Waals surface area contributed by atoms with Gasteiger partial charge in [-0.25, -0.2) is 0 Å². The largest absolute Gasteiger partial charge is 0.0885 e. The predicted octanol–water partition coefficient (Wildman–Crippen LogP) is 6.57. The van der Waals surface area contributed by atoms with Crippen LogP contribution in [0.25, 0.3) is 0 Å². The molecule has 1 aliphatic carbocycles. The molecule has 0 bridgehead atoms. The van der Waals surface area contributed by atoms with E-state index in [-0.39, 0.29) is 0 Å². The number of hydrogen-bond donors (Lipinski definition) is 0. The first-order valence-corrected chi connectivity index (χ1v) is 8.30. The summed E-state index contributed by atoms with van der Waals surface area (Å²) in [5.41, 5.74) is 0. The van der Waals surface area contributed by atoms with Crippen molar-refractivity contribution < 1.29 is 0 Å². The lowest BCUT2D eigenvalue weighted by atomic mass is 10.0. The van der Waals surface area contributed by atoms with E-state index >= 15 is 0 Å². The molecule has 0 atom stereocenters. The van der Waals surface area contributed by atoms with Crippen LogP contribution in [0.3, 0.4) is 0 Å². The smallest absolute Gasteiger partial charge is 0.0348 e. The van der Waals surface area contributed by atoms with Gasteiger partial charge >= 0.3 is 0 Å². The average molecular weight is 248 g/mol. The summed E-state index contributed by atoms with van der Waals surface area (Å²) in [5, 5.41) is 0. The van der Waals surface area contributed by atoms with Gasteiger partial charge in [0.1, 0.15) is 0 Å². The highest BCUT2D eigenvalue weighted by Gasteiger charge is 1.92. The molecule has 0 saturated carbocycles. The third-order valence-electron chi connectivity index (χ3n) is 3.82. The molecule has 0 N–H and O–H groups in total. The van der Waals surface area contributed by atoms with E-state index in [0.717, 1.165) is 0 Å². The molecule has 0 heteroatoms. The van der Waals surface area contributed by atoms with Crippen molar-refractivity contribution in [3.63, 3.8) is 0 Å². The maximum atomic E-state index is 2.40. The van der Waals surface area contributed by atoms with E-state index in [1.165, 1.54) is 89.9 Å². The summed E-state index contributed by atoms with van der Waals surface area (Å²) >= 11 is 0. The minimum absolute atomic E-state index is 1.27. The zero-order valence-electron chi connectivity index (χ0n) is 12.2. The highest BCUT2D eigenvalue weighted by Crippen LogP contribution is 2.12. The van der Waals surface area contributed by atoms with Gasteiger partial charge in [0.2, 0.25) is 0 Å². The van der Waals surface area contributed by atoms with Crippen LogP contribution in [0, 0.1) is 0 Å². The second-order valence-corrected chi connectivity index (χ2v) is 5.63. The Balaban J connectivity index is 2.12. The fraction of sp³-hybridized carbons (Fsp3) is 0.778. The van der Waals surface area contributed by atoms with Crippen LogP contribution in [-0.4, -0.2) is 0 Å². The van der Waals surface area contributed by atoms with Crippen molar-refractivity contribution in [3.8, 4) is 0 Å². The summed E-state index contributed by atoms with van der Waals surface area (Å²) < 4.78 is 0. The van der Waals surface area contributed by atoms with Crippen LogP contribution in [0.15, 0.2) is 24.3 Å². The summed E-state index contributed by atoms with van der Waals surface area (Å²) in [7, 11) is 0. The average Bonchev–Trinajstić information content (AvgIpc) is 2.39. The zero-order valence-corrected chi connectivity index (χ0v) is 12.2. The van der Waals surface area contributed by atoms with Crippen LogP contribution in [0.1, 0.15) is 89.9 Å². The summed E-state index contributed by atoms with van der Waals surface area (Å²) in [6.07, 6.45) is 29.0. The quantitative estimate of drug-likeness (QED) is 0.425. The lowest BCUT2D eigenvalue weighted by molar-refractivity contribution is 0.561. The molecule has 104 valence electrons. The molecule has 0 fully saturated rings. The van der Waals surface area contributed by atoms with Crippen LogP contribution in [-0.2, 0) is 0 Å².